The van der Waals surface area contributed by atoms with Crippen LogP contribution < -0.4 is 4.74 Å². The van der Waals surface area contributed by atoms with Crippen LogP contribution in [-0.4, -0.2) is 60.1 Å². The minimum absolute atomic E-state index is 0.0561. The van der Waals surface area contributed by atoms with E-state index < -0.39 is 6.10 Å². The minimum Gasteiger partial charge on any atom is -0.496 e. The van der Waals surface area contributed by atoms with Crippen molar-refractivity contribution in [2.24, 2.45) is 5.92 Å². The Bertz CT molecular complexity index is 1130. The van der Waals surface area contributed by atoms with Gasteiger partial charge in [-0.3, -0.25) is 14.7 Å². The van der Waals surface area contributed by atoms with Crippen LogP contribution in [-0.2, 0) is 22.6 Å². The van der Waals surface area contributed by atoms with E-state index in [1.165, 1.54) is 5.56 Å². The van der Waals surface area contributed by atoms with Crippen molar-refractivity contribution < 1.29 is 14.3 Å². The summed E-state index contributed by atoms with van der Waals surface area (Å²) in [5.41, 5.74) is 4.37. The van der Waals surface area contributed by atoms with Crippen LogP contribution in [0.3, 0.4) is 0 Å². The lowest BCUT2D eigenvalue weighted by molar-refractivity contribution is -0.151. The molecule has 1 fully saturated rings. The monoisotopic (exact) mass is 461 g/mol. The summed E-state index contributed by atoms with van der Waals surface area (Å²) in [6.07, 6.45) is 1.33. The average Bonchev–Trinajstić information content (AvgIpc) is 2.84. The lowest BCUT2D eigenvalue weighted by Crippen LogP contribution is -2.51. The Balaban J connectivity index is 1.47. The zero-order valence-electron chi connectivity index (χ0n) is 20.7. The highest BCUT2D eigenvalue weighted by Gasteiger charge is 2.31. The summed E-state index contributed by atoms with van der Waals surface area (Å²) in [4.78, 5) is 22.2. The Labute approximate surface area is 202 Å². The number of amides is 1. The normalized spacial score (nSPS) is 16.7. The molecule has 1 atom stereocenters. The number of nitrogens with zero attached hydrogens (tertiary/aromatic N) is 3. The van der Waals surface area contributed by atoms with Crippen molar-refractivity contribution in [2.45, 2.75) is 40.0 Å². The first kappa shape index (κ1) is 24.2. The highest BCUT2D eigenvalue weighted by molar-refractivity contribution is 5.82. The Morgan fingerprint density at radius 1 is 1.24 bits per heavy atom. The summed E-state index contributed by atoms with van der Waals surface area (Å²) in [6.45, 7) is 10.2. The third-order valence-corrected chi connectivity index (χ3v) is 6.20. The third kappa shape index (κ3) is 5.93. The standard InChI is InChI=1S/C28H35N3O3/c1-20(2)16-31(17-22-8-10-25-23(15-22)6-5-11-29-25)28(32)27-19-30(12-13-34-27)18-24-9-7-21(3)14-26(24)33-4/h5-11,14-15,20,27H,12-13,16-19H2,1-4H3. The number of aryl methyl sites for hydroxylation is 1. The van der Waals surface area contributed by atoms with Crippen molar-refractivity contribution in [1.29, 1.82) is 0 Å². The molecule has 1 aliphatic heterocycles. The fourth-order valence-electron chi connectivity index (χ4n) is 4.54. The number of hydrogen-bond acceptors (Lipinski definition) is 5. The van der Waals surface area contributed by atoms with Crippen LogP contribution in [0.25, 0.3) is 10.9 Å². The third-order valence-electron chi connectivity index (χ3n) is 6.20. The van der Waals surface area contributed by atoms with E-state index in [0.717, 1.165) is 40.9 Å². The highest BCUT2D eigenvalue weighted by atomic mass is 16.5. The van der Waals surface area contributed by atoms with Gasteiger partial charge in [0.15, 0.2) is 0 Å². The predicted molar refractivity (Wildman–Crippen MR) is 135 cm³/mol. The molecule has 1 unspecified atom stereocenters. The Morgan fingerprint density at radius 2 is 2.09 bits per heavy atom. The second kappa shape index (κ2) is 11.0. The zero-order valence-corrected chi connectivity index (χ0v) is 20.7. The molecule has 0 spiro atoms. The molecule has 0 saturated carbocycles. The molecule has 4 rings (SSSR count). The molecule has 6 nitrogen and oxygen atoms in total. The van der Waals surface area contributed by atoms with Crippen molar-refractivity contribution in [3.63, 3.8) is 0 Å². The van der Waals surface area contributed by atoms with Crippen molar-refractivity contribution >= 4 is 16.8 Å². The number of ether oxygens (including phenoxy) is 2. The molecule has 0 radical (unpaired) electrons. The molecule has 1 saturated heterocycles. The summed E-state index contributed by atoms with van der Waals surface area (Å²) in [7, 11) is 1.70. The van der Waals surface area contributed by atoms with E-state index in [9.17, 15) is 4.79 Å². The van der Waals surface area contributed by atoms with E-state index in [1.54, 1.807) is 13.3 Å². The molecule has 6 heteroatoms. The summed E-state index contributed by atoms with van der Waals surface area (Å²) >= 11 is 0. The van der Waals surface area contributed by atoms with Gasteiger partial charge in [-0.25, -0.2) is 0 Å². The van der Waals surface area contributed by atoms with Gasteiger partial charge in [0.05, 0.1) is 19.2 Å². The quantitative estimate of drug-likeness (QED) is 0.497. The van der Waals surface area contributed by atoms with Gasteiger partial charge in [0.1, 0.15) is 11.9 Å². The van der Waals surface area contributed by atoms with E-state index >= 15 is 0 Å². The second-order valence-electron chi connectivity index (χ2n) is 9.55. The molecule has 0 bridgehead atoms. The predicted octanol–water partition coefficient (Wildman–Crippen LogP) is 4.44. The van der Waals surface area contributed by atoms with Gasteiger partial charge in [-0.1, -0.05) is 38.1 Å². The van der Waals surface area contributed by atoms with Gasteiger partial charge in [-0.05, 0) is 48.2 Å². The number of pyridine rings is 1. The van der Waals surface area contributed by atoms with E-state index in [1.807, 2.05) is 17.0 Å². The molecule has 0 aliphatic carbocycles. The maximum absolute atomic E-state index is 13.6. The van der Waals surface area contributed by atoms with Crippen LogP contribution in [0.2, 0.25) is 0 Å². The van der Waals surface area contributed by atoms with E-state index in [-0.39, 0.29) is 5.91 Å². The van der Waals surface area contributed by atoms with Crippen molar-refractivity contribution in [1.82, 2.24) is 14.8 Å². The van der Waals surface area contributed by atoms with Crippen molar-refractivity contribution in [3.05, 3.63) is 71.4 Å². The van der Waals surface area contributed by atoms with E-state index in [2.05, 4.69) is 67.1 Å². The lowest BCUT2D eigenvalue weighted by Gasteiger charge is -2.35. The number of carbonyl (C=O) groups excluding carboxylic acids is 1. The molecule has 1 aliphatic rings. The SMILES string of the molecule is COc1cc(C)ccc1CN1CCOC(C(=O)N(Cc2ccc3ncccc3c2)CC(C)C)C1. The number of morpholine rings is 1. The number of methoxy groups -OCH3 is 1. The van der Waals surface area contributed by atoms with Crippen LogP contribution in [0.4, 0.5) is 0 Å². The lowest BCUT2D eigenvalue weighted by atomic mass is 10.1. The second-order valence-corrected chi connectivity index (χ2v) is 9.55. The van der Waals surface area contributed by atoms with E-state index in [0.29, 0.717) is 32.2 Å². The molecule has 1 aromatic heterocycles. The smallest absolute Gasteiger partial charge is 0.253 e. The average molecular weight is 462 g/mol. The summed E-state index contributed by atoms with van der Waals surface area (Å²) in [6, 6.07) is 16.5. The number of carbonyl (C=O) groups is 1. The fourth-order valence-corrected chi connectivity index (χ4v) is 4.54. The highest BCUT2D eigenvalue weighted by Crippen LogP contribution is 2.23. The number of rotatable bonds is 8. The number of aromatic nitrogens is 1. The minimum atomic E-state index is -0.467. The van der Waals surface area contributed by atoms with Crippen LogP contribution in [0.5, 0.6) is 5.75 Å². The Morgan fingerprint density at radius 3 is 2.88 bits per heavy atom. The number of benzene rings is 2. The fraction of sp³-hybridized carbons (Fsp3) is 0.429. The van der Waals surface area contributed by atoms with Gasteiger partial charge in [-0.2, -0.15) is 0 Å². The first-order chi connectivity index (χ1) is 16.4. The number of hydrogen-bond donors (Lipinski definition) is 0. The van der Waals surface area contributed by atoms with Crippen LogP contribution in [0.1, 0.15) is 30.5 Å². The molecule has 2 aromatic carbocycles. The van der Waals surface area contributed by atoms with Gasteiger partial charge < -0.3 is 14.4 Å². The molecule has 1 amide bonds. The van der Waals surface area contributed by atoms with Crippen LogP contribution >= 0.6 is 0 Å². The van der Waals surface area contributed by atoms with Crippen molar-refractivity contribution in [2.75, 3.05) is 33.4 Å². The topological polar surface area (TPSA) is 54.9 Å². The van der Waals surface area contributed by atoms with Gasteiger partial charge in [-0.15, -0.1) is 0 Å². The molecule has 180 valence electrons. The molecular weight excluding hydrogens is 426 g/mol. The maximum atomic E-state index is 13.6. The van der Waals surface area contributed by atoms with Gasteiger partial charge >= 0.3 is 0 Å². The van der Waals surface area contributed by atoms with Gasteiger partial charge in [0.2, 0.25) is 0 Å². The van der Waals surface area contributed by atoms with Gasteiger partial charge in [0.25, 0.3) is 5.91 Å². The summed E-state index contributed by atoms with van der Waals surface area (Å²) < 4.78 is 11.6. The number of fused-ring (bicyclic) bond motifs is 1. The molecule has 34 heavy (non-hydrogen) atoms. The van der Waals surface area contributed by atoms with Crippen LogP contribution in [0, 0.1) is 12.8 Å². The Kier molecular flexibility index (Phi) is 7.80. The molecule has 0 N–H and O–H groups in total. The maximum Gasteiger partial charge on any atom is 0.253 e. The summed E-state index contributed by atoms with van der Waals surface area (Å²) in [5, 5.41) is 1.09. The largest absolute Gasteiger partial charge is 0.496 e. The zero-order chi connectivity index (χ0) is 24.1. The van der Waals surface area contributed by atoms with Crippen molar-refractivity contribution in [3.8, 4) is 5.75 Å². The first-order valence-corrected chi connectivity index (χ1v) is 12.0. The first-order valence-electron chi connectivity index (χ1n) is 12.0. The van der Waals surface area contributed by atoms with Gasteiger partial charge in [0, 0.05) is 49.9 Å². The van der Waals surface area contributed by atoms with E-state index in [4.69, 9.17) is 9.47 Å². The molecular formula is C28H35N3O3. The Hall–Kier alpha value is -2.96. The summed E-state index contributed by atoms with van der Waals surface area (Å²) in [5.74, 6) is 1.31. The molecule has 3 aromatic rings. The van der Waals surface area contributed by atoms with Crippen LogP contribution in [0.15, 0.2) is 54.7 Å². The molecule has 2 heterocycles.